The van der Waals surface area contributed by atoms with Gasteiger partial charge in [-0.2, -0.15) is 0 Å². The SMILES string of the molecule is CCOc1ccc(C(CC(C)CC)NC)cc1OCC. The highest BCUT2D eigenvalue weighted by molar-refractivity contribution is 5.44. The largest absolute Gasteiger partial charge is 0.490 e. The first-order chi connectivity index (χ1) is 9.65. The van der Waals surface area contributed by atoms with Crippen molar-refractivity contribution in [3.8, 4) is 11.5 Å². The minimum atomic E-state index is 0.361. The van der Waals surface area contributed by atoms with Crippen LogP contribution in [0, 0.1) is 5.92 Å². The molecule has 0 aromatic heterocycles. The van der Waals surface area contributed by atoms with Crippen LogP contribution in [0.2, 0.25) is 0 Å². The molecule has 0 aliphatic heterocycles. The fourth-order valence-electron chi connectivity index (χ4n) is 2.27. The minimum Gasteiger partial charge on any atom is -0.490 e. The summed E-state index contributed by atoms with van der Waals surface area (Å²) in [6, 6.07) is 6.62. The van der Waals surface area contributed by atoms with Gasteiger partial charge in [-0.05, 0) is 50.9 Å². The van der Waals surface area contributed by atoms with Gasteiger partial charge < -0.3 is 14.8 Å². The van der Waals surface area contributed by atoms with Crippen LogP contribution in [0.4, 0.5) is 0 Å². The van der Waals surface area contributed by atoms with Crippen molar-refractivity contribution >= 4 is 0 Å². The Labute approximate surface area is 123 Å². The van der Waals surface area contributed by atoms with Crippen molar-refractivity contribution in [1.82, 2.24) is 5.32 Å². The molecule has 3 heteroatoms. The molecular weight excluding hydrogens is 250 g/mol. The smallest absolute Gasteiger partial charge is 0.161 e. The molecule has 0 aliphatic carbocycles. The fraction of sp³-hybridized carbons (Fsp3) is 0.647. The summed E-state index contributed by atoms with van der Waals surface area (Å²) in [7, 11) is 2.02. The van der Waals surface area contributed by atoms with Crippen LogP contribution < -0.4 is 14.8 Å². The first-order valence-electron chi connectivity index (χ1n) is 7.72. The van der Waals surface area contributed by atoms with Crippen molar-refractivity contribution in [2.75, 3.05) is 20.3 Å². The van der Waals surface area contributed by atoms with Gasteiger partial charge in [-0.15, -0.1) is 0 Å². The van der Waals surface area contributed by atoms with Gasteiger partial charge in [0.1, 0.15) is 0 Å². The van der Waals surface area contributed by atoms with Crippen LogP contribution in [0.5, 0.6) is 11.5 Å². The Balaban J connectivity index is 2.95. The zero-order valence-corrected chi connectivity index (χ0v) is 13.5. The Morgan fingerprint density at radius 3 is 2.25 bits per heavy atom. The van der Waals surface area contributed by atoms with Gasteiger partial charge in [0, 0.05) is 6.04 Å². The highest BCUT2D eigenvalue weighted by Crippen LogP contribution is 2.32. The number of hydrogen-bond acceptors (Lipinski definition) is 3. The summed E-state index contributed by atoms with van der Waals surface area (Å²) in [6.07, 6.45) is 2.33. The maximum atomic E-state index is 5.70. The fourth-order valence-corrected chi connectivity index (χ4v) is 2.27. The molecule has 1 N–H and O–H groups in total. The van der Waals surface area contributed by atoms with E-state index in [4.69, 9.17) is 9.47 Å². The van der Waals surface area contributed by atoms with Crippen LogP contribution in [0.25, 0.3) is 0 Å². The summed E-state index contributed by atoms with van der Waals surface area (Å²) in [5.74, 6) is 2.38. The van der Waals surface area contributed by atoms with Crippen molar-refractivity contribution in [3.63, 3.8) is 0 Å². The summed E-state index contributed by atoms with van der Waals surface area (Å²) >= 11 is 0. The molecule has 114 valence electrons. The molecular formula is C17H29NO2. The second kappa shape index (κ2) is 8.85. The van der Waals surface area contributed by atoms with E-state index in [1.165, 1.54) is 12.0 Å². The quantitative estimate of drug-likeness (QED) is 0.735. The molecule has 1 aromatic carbocycles. The Morgan fingerprint density at radius 2 is 1.70 bits per heavy atom. The Kier molecular flexibility index (Phi) is 7.45. The first-order valence-corrected chi connectivity index (χ1v) is 7.72. The highest BCUT2D eigenvalue weighted by Gasteiger charge is 2.15. The number of rotatable bonds is 9. The third-order valence-corrected chi connectivity index (χ3v) is 3.65. The summed E-state index contributed by atoms with van der Waals surface area (Å²) in [4.78, 5) is 0. The number of nitrogens with one attached hydrogen (secondary N) is 1. The second-order valence-corrected chi connectivity index (χ2v) is 5.16. The van der Waals surface area contributed by atoms with Gasteiger partial charge in [-0.25, -0.2) is 0 Å². The summed E-state index contributed by atoms with van der Waals surface area (Å²) in [5, 5.41) is 3.41. The normalized spacial score (nSPS) is 13.8. The molecule has 0 amide bonds. The zero-order chi connectivity index (χ0) is 15.0. The lowest BCUT2D eigenvalue weighted by Gasteiger charge is -2.21. The van der Waals surface area contributed by atoms with Gasteiger partial charge in [-0.3, -0.25) is 0 Å². The van der Waals surface area contributed by atoms with Crippen molar-refractivity contribution in [2.45, 2.75) is 46.6 Å². The topological polar surface area (TPSA) is 30.5 Å². The lowest BCUT2D eigenvalue weighted by Crippen LogP contribution is -2.19. The van der Waals surface area contributed by atoms with E-state index in [-0.39, 0.29) is 0 Å². The van der Waals surface area contributed by atoms with Gasteiger partial charge in [0.25, 0.3) is 0 Å². The molecule has 0 heterocycles. The van der Waals surface area contributed by atoms with Crippen LogP contribution in [0.15, 0.2) is 18.2 Å². The molecule has 2 unspecified atom stereocenters. The minimum absolute atomic E-state index is 0.361. The number of hydrogen-bond donors (Lipinski definition) is 1. The molecule has 1 aromatic rings. The predicted molar refractivity (Wildman–Crippen MR) is 84.7 cm³/mol. The van der Waals surface area contributed by atoms with Gasteiger partial charge in [0.2, 0.25) is 0 Å². The lowest BCUT2D eigenvalue weighted by molar-refractivity contribution is 0.287. The van der Waals surface area contributed by atoms with Crippen molar-refractivity contribution in [2.24, 2.45) is 5.92 Å². The third-order valence-electron chi connectivity index (χ3n) is 3.65. The molecule has 0 bridgehead atoms. The van der Waals surface area contributed by atoms with Gasteiger partial charge in [-0.1, -0.05) is 26.3 Å². The molecule has 0 aliphatic rings. The average molecular weight is 279 g/mol. The molecule has 20 heavy (non-hydrogen) atoms. The van der Waals surface area contributed by atoms with Crippen LogP contribution in [0.3, 0.4) is 0 Å². The average Bonchev–Trinajstić information content (AvgIpc) is 2.46. The van der Waals surface area contributed by atoms with Crippen molar-refractivity contribution < 1.29 is 9.47 Å². The van der Waals surface area contributed by atoms with E-state index in [9.17, 15) is 0 Å². The van der Waals surface area contributed by atoms with Crippen molar-refractivity contribution in [3.05, 3.63) is 23.8 Å². The zero-order valence-electron chi connectivity index (χ0n) is 13.5. The summed E-state index contributed by atoms with van der Waals surface area (Å²) < 4.78 is 11.3. The number of ether oxygens (including phenoxy) is 2. The van der Waals surface area contributed by atoms with Gasteiger partial charge >= 0.3 is 0 Å². The lowest BCUT2D eigenvalue weighted by atomic mass is 9.94. The maximum absolute atomic E-state index is 5.70. The molecule has 3 nitrogen and oxygen atoms in total. The molecule has 0 saturated carbocycles. The summed E-state index contributed by atoms with van der Waals surface area (Å²) in [6.45, 7) is 9.82. The van der Waals surface area contributed by atoms with Gasteiger partial charge in [0.05, 0.1) is 13.2 Å². The molecule has 0 saturated heterocycles. The van der Waals surface area contributed by atoms with E-state index in [0.717, 1.165) is 17.9 Å². The van der Waals surface area contributed by atoms with Gasteiger partial charge in [0.15, 0.2) is 11.5 Å². The molecule has 1 rings (SSSR count). The first kappa shape index (κ1) is 16.8. The van der Waals surface area contributed by atoms with Crippen LogP contribution in [-0.4, -0.2) is 20.3 Å². The van der Waals surface area contributed by atoms with E-state index in [1.54, 1.807) is 0 Å². The van der Waals surface area contributed by atoms with E-state index >= 15 is 0 Å². The Bertz CT molecular complexity index is 393. The van der Waals surface area contributed by atoms with Crippen LogP contribution in [-0.2, 0) is 0 Å². The molecule has 0 spiro atoms. The van der Waals surface area contributed by atoms with Crippen LogP contribution in [0.1, 0.15) is 52.1 Å². The van der Waals surface area contributed by atoms with E-state index in [2.05, 4.69) is 31.3 Å². The van der Waals surface area contributed by atoms with E-state index < -0.39 is 0 Å². The van der Waals surface area contributed by atoms with Crippen molar-refractivity contribution in [1.29, 1.82) is 0 Å². The predicted octanol–water partition coefficient (Wildman–Crippen LogP) is 4.18. The monoisotopic (exact) mass is 279 g/mol. The molecule has 0 radical (unpaired) electrons. The Hall–Kier alpha value is -1.22. The van der Waals surface area contributed by atoms with Crippen LogP contribution >= 0.6 is 0 Å². The van der Waals surface area contributed by atoms with E-state index in [1.807, 2.05) is 27.0 Å². The highest BCUT2D eigenvalue weighted by atomic mass is 16.5. The third kappa shape index (κ3) is 4.71. The Morgan fingerprint density at radius 1 is 1.05 bits per heavy atom. The molecule has 2 atom stereocenters. The summed E-state index contributed by atoms with van der Waals surface area (Å²) in [5.41, 5.74) is 1.26. The van der Waals surface area contributed by atoms with E-state index in [0.29, 0.717) is 25.2 Å². The number of benzene rings is 1. The standard InChI is InChI=1S/C17H29NO2/c1-6-13(4)11-15(18-5)14-9-10-16(19-7-2)17(12-14)20-8-3/h9-10,12-13,15,18H,6-8,11H2,1-5H3. The maximum Gasteiger partial charge on any atom is 0.161 e. The second-order valence-electron chi connectivity index (χ2n) is 5.16. The molecule has 0 fully saturated rings.